The van der Waals surface area contributed by atoms with E-state index < -0.39 is 0 Å². The Bertz CT molecular complexity index is 858. The smallest absolute Gasteiger partial charge is 0.287 e. The molecule has 2 heterocycles. The molecule has 0 radical (unpaired) electrons. The molecule has 1 N–H and O–H groups in total. The zero-order chi connectivity index (χ0) is 18.9. The third-order valence-corrected chi connectivity index (χ3v) is 4.82. The van der Waals surface area contributed by atoms with Gasteiger partial charge in [-0.3, -0.25) is 9.59 Å². The summed E-state index contributed by atoms with van der Waals surface area (Å²) >= 11 is 6.27. The van der Waals surface area contributed by atoms with Crippen LogP contribution in [-0.2, 0) is 11.3 Å². The summed E-state index contributed by atoms with van der Waals surface area (Å²) < 4.78 is 1.34. The van der Waals surface area contributed by atoms with Crippen molar-refractivity contribution in [2.75, 3.05) is 11.9 Å². The fourth-order valence-corrected chi connectivity index (χ4v) is 3.31. The average Bonchev–Trinajstić information content (AvgIpc) is 2.96. The number of nitrogens with zero attached hydrogens (tertiary/aromatic N) is 3. The van der Waals surface area contributed by atoms with Gasteiger partial charge in [0.1, 0.15) is 5.02 Å². The number of hydrogen-bond donors (Lipinski definition) is 1. The van der Waals surface area contributed by atoms with E-state index in [1.165, 1.54) is 4.68 Å². The van der Waals surface area contributed by atoms with Crippen LogP contribution in [-0.4, -0.2) is 38.7 Å². The van der Waals surface area contributed by atoms with E-state index in [-0.39, 0.29) is 28.1 Å². The Morgan fingerprint density at radius 2 is 1.92 bits per heavy atom. The first kappa shape index (κ1) is 18.5. The van der Waals surface area contributed by atoms with Crippen molar-refractivity contribution in [1.29, 1.82) is 0 Å². The Hall–Kier alpha value is -2.34. The summed E-state index contributed by atoms with van der Waals surface area (Å²) in [6.45, 7) is 6.96. The maximum absolute atomic E-state index is 12.5. The second-order valence-corrected chi connectivity index (χ2v) is 7.92. The number of carbonyl (C=O) groups is 1. The highest BCUT2D eigenvalue weighted by atomic mass is 35.5. The lowest BCUT2D eigenvalue weighted by atomic mass is 10.1. The number of amides is 1. The predicted molar refractivity (Wildman–Crippen MR) is 103 cm³/mol. The van der Waals surface area contributed by atoms with Crippen molar-refractivity contribution in [2.24, 2.45) is 0 Å². The zero-order valence-electron chi connectivity index (χ0n) is 15.2. The van der Waals surface area contributed by atoms with Crippen LogP contribution in [0.4, 0.5) is 5.69 Å². The molecule has 26 heavy (non-hydrogen) atoms. The van der Waals surface area contributed by atoms with E-state index in [1.54, 1.807) is 6.20 Å². The first-order chi connectivity index (χ1) is 12.3. The van der Waals surface area contributed by atoms with Crippen LogP contribution >= 0.6 is 11.6 Å². The van der Waals surface area contributed by atoms with Crippen LogP contribution in [0.1, 0.15) is 32.8 Å². The molecule has 1 aromatic carbocycles. The highest BCUT2D eigenvalue weighted by Crippen LogP contribution is 2.25. The fourth-order valence-electron chi connectivity index (χ4n) is 3.11. The Kier molecular flexibility index (Phi) is 5.05. The lowest BCUT2D eigenvalue weighted by molar-refractivity contribution is -0.131. The van der Waals surface area contributed by atoms with E-state index in [9.17, 15) is 9.59 Å². The fraction of sp³-hybridized carbons (Fsp3) is 0.421. The molecular formula is C19H23ClN4O2. The Morgan fingerprint density at radius 1 is 1.23 bits per heavy atom. The van der Waals surface area contributed by atoms with Crippen LogP contribution < -0.4 is 10.9 Å². The number of benzene rings is 1. The standard InChI is InChI=1S/C19H23ClN4O2/c1-19(2,3)23-12-14(9-16(23)25)22-15-10-21-24(18(26)17(15)20)11-13-7-5-4-6-8-13/h4-8,10,14,22H,9,11-12H2,1-3H3. The molecule has 1 amide bonds. The summed E-state index contributed by atoms with van der Waals surface area (Å²) in [4.78, 5) is 26.5. The number of hydrogen-bond acceptors (Lipinski definition) is 4. The largest absolute Gasteiger partial charge is 0.377 e. The van der Waals surface area contributed by atoms with Crippen molar-refractivity contribution in [3.05, 3.63) is 57.5 Å². The number of halogens is 1. The van der Waals surface area contributed by atoms with Crippen molar-refractivity contribution >= 4 is 23.2 Å². The summed E-state index contributed by atoms with van der Waals surface area (Å²) in [5.41, 5.74) is 0.863. The summed E-state index contributed by atoms with van der Waals surface area (Å²) in [5, 5.41) is 7.52. The molecule has 1 aromatic heterocycles. The topological polar surface area (TPSA) is 67.2 Å². The lowest BCUT2D eigenvalue weighted by Gasteiger charge is -2.32. The van der Waals surface area contributed by atoms with Gasteiger partial charge >= 0.3 is 0 Å². The van der Waals surface area contributed by atoms with Gasteiger partial charge in [-0.15, -0.1) is 0 Å². The van der Waals surface area contributed by atoms with Crippen LogP contribution in [0.25, 0.3) is 0 Å². The van der Waals surface area contributed by atoms with E-state index >= 15 is 0 Å². The van der Waals surface area contributed by atoms with Gasteiger partial charge in [0.15, 0.2) is 0 Å². The minimum Gasteiger partial charge on any atom is -0.377 e. The molecule has 0 aliphatic carbocycles. The van der Waals surface area contributed by atoms with Crippen molar-refractivity contribution in [3.63, 3.8) is 0 Å². The molecule has 3 rings (SSSR count). The molecule has 0 saturated carbocycles. The van der Waals surface area contributed by atoms with Crippen LogP contribution in [0.15, 0.2) is 41.3 Å². The zero-order valence-corrected chi connectivity index (χ0v) is 16.0. The number of anilines is 1. The van der Waals surface area contributed by atoms with Crippen LogP contribution in [0, 0.1) is 0 Å². The number of aromatic nitrogens is 2. The minimum atomic E-state index is -0.350. The maximum Gasteiger partial charge on any atom is 0.287 e. The molecule has 1 fully saturated rings. The SMILES string of the molecule is CC(C)(C)N1CC(Nc2cnn(Cc3ccccc3)c(=O)c2Cl)CC1=O. The van der Waals surface area contributed by atoms with Gasteiger partial charge in [0.05, 0.1) is 24.5 Å². The van der Waals surface area contributed by atoms with E-state index in [0.29, 0.717) is 25.2 Å². The molecule has 2 aromatic rings. The van der Waals surface area contributed by atoms with E-state index in [2.05, 4.69) is 10.4 Å². The average molecular weight is 375 g/mol. The summed E-state index contributed by atoms with van der Waals surface area (Å²) in [6.07, 6.45) is 1.93. The van der Waals surface area contributed by atoms with Gasteiger partial charge in [0.25, 0.3) is 5.56 Å². The molecule has 0 spiro atoms. The molecule has 1 unspecified atom stereocenters. The molecular weight excluding hydrogens is 352 g/mol. The van der Waals surface area contributed by atoms with Gasteiger partial charge in [0.2, 0.25) is 5.91 Å². The molecule has 0 bridgehead atoms. The van der Waals surface area contributed by atoms with Gasteiger partial charge in [0, 0.05) is 18.5 Å². The molecule has 1 saturated heterocycles. The van der Waals surface area contributed by atoms with Gasteiger partial charge in [-0.05, 0) is 26.3 Å². The Balaban J connectivity index is 1.75. The van der Waals surface area contributed by atoms with Crippen LogP contribution in [0.2, 0.25) is 5.02 Å². The van der Waals surface area contributed by atoms with Crippen molar-refractivity contribution in [3.8, 4) is 0 Å². The van der Waals surface area contributed by atoms with Gasteiger partial charge in [-0.25, -0.2) is 4.68 Å². The quantitative estimate of drug-likeness (QED) is 0.893. The van der Waals surface area contributed by atoms with Crippen molar-refractivity contribution in [2.45, 2.75) is 45.3 Å². The predicted octanol–water partition coefficient (Wildman–Crippen LogP) is 2.76. The Labute approximate surface area is 157 Å². The maximum atomic E-state index is 12.5. The van der Waals surface area contributed by atoms with Crippen molar-refractivity contribution < 1.29 is 4.79 Å². The molecule has 7 heteroatoms. The number of carbonyl (C=O) groups excluding carboxylic acids is 1. The first-order valence-electron chi connectivity index (χ1n) is 8.62. The molecule has 1 atom stereocenters. The Morgan fingerprint density at radius 3 is 2.54 bits per heavy atom. The number of rotatable bonds is 4. The second-order valence-electron chi connectivity index (χ2n) is 7.54. The van der Waals surface area contributed by atoms with E-state index in [4.69, 9.17) is 11.6 Å². The minimum absolute atomic E-state index is 0.0922. The van der Waals surface area contributed by atoms with Gasteiger partial charge in [-0.1, -0.05) is 41.9 Å². The van der Waals surface area contributed by atoms with Crippen molar-refractivity contribution in [1.82, 2.24) is 14.7 Å². The van der Waals surface area contributed by atoms with Crippen LogP contribution in [0.5, 0.6) is 0 Å². The summed E-state index contributed by atoms with van der Waals surface area (Å²) in [7, 11) is 0. The number of nitrogens with one attached hydrogen (secondary N) is 1. The van der Waals surface area contributed by atoms with Crippen LogP contribution in [0.3, 0.4) is 0 Å². The van der Waals surface area contributed by atoms with E-state index in [0.717, 1.165) is 5.56 Å². The molecule has 1 aliphatic heterocycles. The number of likely N-dealkylation sites (tertiary alicyclic amines) is 1. The third kappa shape index (κ3) is 3.90. The molecule has 1 aliphatic rings. The van der Waals surface area contributed by atoms with Gasteiger partial charge in [-0.2, -0.15) is 5.10 Å². The second kappa shape index (κ2) is 7.11. The highest BCUT2D eigenvalue weighted by Gasteiger charge is 2.36. The van der Waals surface area contributed by atoms with E-state index in [1.807, 2.05) is 56.0 Å². The van der Waals surface area contributed by atoms with Gasteiger partial charge < -0.3 is 10.2 Å². The monoisotopic (exact) mass is 374 g/mol. The molecule has 6 nitrogen and oxygen atoms in total. The summed E-state index contributed by atoms with van der Waals surface area (Å²) in [6, 6.07) is 9.51. The normalized spacial score (nSPS) is 17.6. The lowest BCUT2D eigenvalue weighted by Crippen LogP contribution is -2.43. The molecule has 138 valence electrons. The highest BCUT2D eigenvalue weighted by molar-refractivity contribution is 6.32. The summed E-state index contributed by atoms with van der Waals surface area (Å²) in [5.74, 6) is 0.0940. The third-order valence-electron chi connectivity index (χ3n) is 4.45. The first-order valence-corrected chi connectivity index (χ1v) is 9.00.